The van der Waals surface area contributed by atoms with Gasteiger partial charge >= 0.3 is 0 Å². The van der Waals surface area contributed by atoms with E-state index in [1.165, 1.54) is 126 Å². The second-order valence-corrected chi connectivity index (χ2v) is 41.3. The van der Waals surface area contributed by atoms with Crippen molar-refractivity contribution >= 4 is 115 Å². The topological polar surface area (TPSA) is 4.93 Å². The van der Waals surface area contributed by atoms with Gasteiger partial charge in [0.25, 0.3) is 0 Å². The van der Waals surface area contributed by atoms with Gasteiger partial charge in [-0.1, -0.05) is 353 Å². The van der Waals surface area contributed by atoms with Crippen molar-refractivity contribution in [1.82, 2.24) is 4.57 Å². The lowest BCUT2D eigenvalue weighted by molar-refractivity contribution is 0.552. The molecule has 2 aliphatic heterocycles. The van der Waals surface area contributed by atoms with Gasteiger partial charge in [0.15, 0.2) is 0 Å². The third-order valence-corrected chi connectivity index (χ3v) is 24.3. The van der Waals surface area contributed by atoms with Crippen LogP contribution >= 0.6 is 11.8 Å². The van der Waals surface area contributed by atoms with Crippen molar-refractivity contribution in [3.8, 4) is 27.9 Å². The molecular formula is C96H108B5NS. The summed E-state index contributed by atoms with van der Waals surface area (Å²) in [4.78, 5) is 2.44. The van der Waals surface area contributed by atoms with E-state index in [2.05, 4.69) is 349 Å². The smallest absolute Gasteiger partial charge is 0.244 e. The Hall–Kier alpha value is -7.07. The Bertz CT molecular complexity index is 5100. The number of hydrogen-bond acceptors (Lipinski definition) is 1. The monoisotopic (exact) mass is 1360 g/mol. The van der Waals surface area contributed by atoms with E-state index < -0.39 is 5.41 Å². The molecule has 3 aliphatic rings. The van der Waals surface area contributed by atoms with E-state index in [9.17, 15) is 0 Å². The lowest BCUT2D eigenvalue weighted by Crippen LogP contribution is -2.62. The van der Waals surface area contributed by atoms with Gasteiger partial charge < -0.3 is 4.57 Å². The zero-order valence-electron chi connectivity index (χ0n) is 67.3. The second-order valence-electron chi connectivity index (χ2n) is 40.2. The summed E-state index contributed by atoms with van der Waals surface area (Å²) in [6, 6.07) is 57.1. The first kappa shape index (κ1) is 74.2. The molecule has 8 radical (unpaired) electrons. The molecule has 3 heterocycles. The van der Waals surface area contributed by atoms with Crippen LogP contribution in [0.1, 0.15) is 265 Å². The second kappa shape index (κ2) is 24.5. The molecule has 0 spiro atoms. The number of allylic oxidation sites excluding steroid dienone is 4. The molecule has 1 aromatic heterocycles. The quantitative estimate of drug-likeness (QED) is 0.150. The Morgan fingerprint density at radius 1 is 0.359 bits per heavy atom. The van der Waals surface area contributed by atoms with Gasteiger partial charge in [0.2, 0.25) is 6.71 Å². The predicted molar refractivity (Wildman–Crippen MR) is 457 cm³/mol. The Morgan fingerprint density at radius 3 is 1.23 bits per heavy atom. The van der Waals surface area contributed by atoms with Crippen molar-refractivity contribution in [2.75, 3.05) is 0 Å². The molecule has 1 aliphatic carbocycles. The van der Waals surface area contributed by atoms with Crippen LogP contribution in [0, 0.1) is 0 Å². The van der Waals surface area contributed by atoms with Crippen LogP contribution in [0.15, 0.2) is 168 Å². The number of aromatic nitrogens is 1. The first-order chi connectivity index (χ1) is 47.3. The highest BCUT2D eigenvalue weighted by Gasteiger charge is 2.53. The van der Waals surface area contributed by atoms with Crippen molar-refractivity contribution < 1.29 is 0 Å². The van der Waals surface area contributed by atoms with Gasteiger partial charge in [-0.15, -0.1) is 10.9 Å². The SMILES string of the molecule is [B]c1c([B])c([B])c2c(c1[B])c1cc(C(C)(C)C)ccc1n2-c1cc2c3c(c1)C(C1(c4cc(C(C)(C)C)cc(C(C)(C)C)c4)C=CC=C1c1cc(C(C)(C)C)cc(C(C)(C)C)c1)c1ccc(-c4cc(C(C)(C)C)cc(C(C)(C)C)c4)cc1B3c1cc(-c3cc(C(C)(C)C)cc(C(C)(C)C)c3)ccc1S2. The molecule has 0 fully saturated rings. The zero-order valence-corrected chi connectivity index (χ0v) is 68.1. The fourth-order valence-electron chi connectivity index (χ4n) is 16.3. The Morgan fingerprint density at radius 2 is 0.777 bits per heavy atom. The first-order valence-electron chi connectivity index (χ1n) is 37.8. The molecule has 518 valence electrons. The van der Waals surface area contributed by atoms with Gasteiger partial charge in [-0.2, -0.15) is 0 Å². The van der Waals surface area contributed by atoms with Crippen LogP contribution in [0.4, 0.5) is 0 Å². The van der Waals surface area contributed by atoms with Gasteiger partial charge in [0.1, 0.15) is 31.4 Å². The van der Waals surface area contributed by atoms with E-state index in [-0.39, 0.29) is 61.4 Å². The number of nitrogens with zero attached hydrogens (tertiary/aromatic N) is 1. The van der Waals surface area contributed by atoms with E-state index in [0.717, 1.165) is 27.5 Å². The minimum absolute atomic E-state index is 0.0726. The molecule has 9 aromatic carbocycles. The summed E-state index contributed by atoms with van der Waals surface area (Å²) in [6.45, 7) is 63.4. The highest BCUT2D eigenvalue weighted by molar-refractivity contribution is 8.00. The molecule has 10 aromatic rings. The average Bonchev–Trinajstić information content (AvgIpc) is 1.66. The van der Waals surface area contributed by atoms with Gasteiger partial charge in [0.05, 0.1) is 5.52 Å². The zero-order chi connectivity index (χ0) is 75.3. The minimum atomic E-state index is -0.819. The molecule has 2 unspecified atom stereocenters. The lowest BCUT2D eigenvalue weighted by Gasteiger charge is -2.47. The Labute approximate surface area is 630 Å². The molecule has 0 saturated heterocycles. The van der Waals surface area contributed by atoms with Crippen LogP contribution in [0.2, 0.25) is 0 Å². The molecule has 0 saturated carbocycles. The summed E-state index contributed by atoms with van der Waals surface area (Å²) in [6.07, 6.45) is 7.51. The summed E-state index contributed by atoms with van der Waals surface area (Å²) in [5.74, 6) is -0.316. The van der Waals surface area contributed by atoms with Gasteiger partial charge in [-0.25, -0.2) is 0 Å². The van der Waals surface area contributed by atoms with E-state index in [1.807, 2.05) is 11.8 Å². The van der Waals surface area contributed by atoms with Crippen LogP contribution < -0.4 is 38.2 Å². The maximum absolute atomic E-state index is 7.53. The average molecular weight is 1360 g/mol. The third-order valence-electron chi connectivity index (χ3n) is 23.1. The van der Waals surface area contributed by atoms with Crippen LogP contribution in [0.25, 0.3) is 55.3 Å². The number of fused-ring (bicyclic) bond motifs is 7. The van der Waals surface area contributed by atoms with Crippen molar-refractivity contribution in [3.05, 3.63) is 230 Å². The molecule has 0 N–H and O–H groups in total. The molecular weight excluding hydrogens is 1250 g/mol. The van der Waals surface area contributed by atoms with Gasteiger partial charge in [-0.3, -0.25) is 0 Å². The number of rotatable bonds is 6. The molecule has 7 heteroatoms. The van der Waals surface area contributed by atoms with Gasteiger partial charge in [0, 0.05) is 37.7 Å². The highest BCUT2D eigenvalue weighted by atomic mass is 32.2. The predicted octanol–water partition coefficient (Wildman–Crippen LogP) is 20.0. The highest BCUT2D eigenvalue weighted by Crippen LogP contribution is 2.59. The Balaban J connectivity index is 1.25. The van der Waals surface area contributed by atoms with Crippen LogP contribution in [0.5, 0.6) is 0 Å². The minimum Gasteiger partial charge on any atom is -0.310 e. The summed E-state index contributed by atoms with van der Waals surface area (Å²) < 4.78 is 2.37. The van der Waals surface area contributed by atoms with Crippen molar-refractivity contribution in [3.63, 3.8) is 0 Å². The fraction of sp³-hybridized carbons (Fsp3) is 0.396. The lowest BCUT2D eigenvalue weighted by atomic mass is 9.31. The van der Waals surface area contributed by atoms with Gasteiger partial charge in [-0.05, 0) is 185 Å². The number of benzene rings is 9. The first-order valence-corrected chi connectivity index (χ1v) is 38.6. The van der Waals surface area contributed by atoms with E-state index in [1.54, 1.807) is 0 Å². The maximum atomic E-state index is 7.53. The summed E-state index contributed by atoms with van der Waals surface area (Å²) in [5.41, 5.74) is 29.2. The van der Waals surface area contributed by atoms with E-state index in [0.29, 0.717) is 21.9 Å². The summed E-state index contributed by atoms with van der Waals surface area (Å²) in [5, 5.41) is 1.80. The summed E-state index contributed by atoms with van der Waals surface area (Å²) >= 11 is 1.90. The van der Waals surface area contributed by atoms with Crippen molar-refractivity contribution in [2.45, 2.75) is 257 Å². The van der Waals surface area contributed by atoms with Crippen LogP contribution in [0.3, 0.4) is 0 Å². The Kier molecular flexibility index (Phi) is 17.6. The largest absolute Gasteiger partial charge is 0.310 e. The fourth-order valence-corrected chi connectivity index (χ4v) is 17.5. The third kappa shape index (κ3) is 13.0. The molecule has 1 nitrogen and oxygen atoms in total. The molecule has 0 amide bonds. The standard InChI is InChI=1S/C96H108B5NS/c1-87(2,3)59-32-34-76-71(51-59)79-81(97)82(98)83(99)84(100)86(79)102(76)69-52-72-80(96(68-49-66(94(22,23)24)48-67(50-68)95(25,26)27)36-28-29-73(96)58-41-64(92(16,17)18)47-65(42-58)93(19,20)21)70-33-30-54(56-37-60(88(4,5)6)45-61(38-56)89(7,8)9)43-74(70)101-75-44-55(31-35-77(75)103-78(53-69)85(72)101)57-39-62(90(10,11)12)46-63(40-57)91(13,14)15/h28-53,80H,1-27H3. The molecule has 0 bridgehead atoms. The normalized spacial score (nSPS) is 16.7. The van der Waals surface area contributed by atoms with Crippen LogP contribution in [-0.4, -0.2) is 42.7 Å². The van der Waals surface area contributed by atoms with Crippen LogP contribution in [-0.2, 0) is 54.1 Å². The van der Waals surface area contributed by atoms with E-state index >= 15 is 0 Å². The molecule has 103 heavy (non-hydrogen) atoms. The maximum Gasteiger partial charge on any atom is 0.244 e. The van der Waals surface area contributed by atoms with Crippen molar-refractivity contribution in [2.24, 2.45) is 0 Å². The summed E-state index contributed by atoms with van der Waals surface area (Å²) in [7, 11) is 28.9. The number of hydrogen-bond donors (Lipinski definition) is 0. The van der Waals surface area contributed by atoms with Crippen molar-refractivity contribution in [1.29, 1.82) is 0 Å². The van der Waals surface area contributed by atoms with E-state index in [4.69, 9.17) is 31.4 Å². The molecule has 13 rings (SSSR count). The molecule has 2 atom stereocenters.